The molecule has 1 heterocycles. The largest absolute Gasteiger partial charge is 0.491 e. The molecule has 25 heavy (non-hydrogen) atoms. The van der Waals surface area contributed by atoms with Gasteiger partial charge in [-0.3, -0.25) is 0 Å². The SMILES string of the molecule is CC(C)Oc1ccc(Oc2ccc3cc(C(C)C#N)ccc3n2)cc1. The molecule has 0 N–H and O–H groups in total. The molecule has 1 atom stereocenters. The Balaban J connectivity index is 1.79. The average molecular weight is 332 g/mol. The summed E-state index contributed by atoms with van der Waals surface area (Å²) in [6, 6.07) is 19.4. The third kappa shape index (κ3) is 4.07. The van der Waals surface area contributed by atoms with Crippen molar-refractivity contribution < 1.29 is 9.47 Å². The van der Waals surface area contributed by atoms with Crippen LogP contribution in [-0.2, 0) is 0 Å². The zero-order valence-electron chi connectivity index (χ0n) is 14.6. The molecule has 3 aromatic rings. The predicted octanol–water partition coefficient (Wildman–Crippen LogP) is 5.44. The highest BCUT2D eigenvalue weighted by Crippen LogP contribution is 2.26. The van der Waals surface area contributed by atoms with Gasteiger partial charge in [0, 0.05) is 11.5 Å². The van der Waals surface area contributed by atoms with Gasteiger partial charge in [0.15, 0.2) is 0 Å². The van der Waals surface area contributed by atoms with Gasteiger partial charge in [0.25, 0.3) is 0 Å². The van der Waals surface area contributed by atoms with Crippen LogP contribution in [0.4, 0.5) is 0 Å². The molecule has 4 nitrogen and oxygen atoms in total. The number of nitriles is 1. The Morgan fingerprint density at radius 2 is 1.64 bits per heavy atom. The smallest absolute Gasteiger partial charge is 0.219 e. The first-order chi connectivity index (χ1) is 12.0. The number of pyridine rings is 1. The number of hydrogen-bond acceptors (Lipinski definition) is 4. The summed E-state index contributed by atoms with van der Waals surface area (Å²) in [5.41, 5.74) is 1.83. The highest BCUT2D eigenvalue weighted by molar-refractivity contribution is 5.80. The second-order valence-electron chi connectivity index (χ2n) is 6.19. The van der Waals surface area contributed by atoms with Crippen LogP contribution in [0.5, 0.6) is 17.4 Å². The van der Waals surface area contributed by atoms with Gasteiger partial charge in [0.05, 0.1) is 23.6 Å². The normalized spacial score (nSPS) is 12.0. The van der Waals surface area contributed by atoms with E-state index in [0.717, 1.165) is 22.2 Å². The summed E-state index contributed by atoms with van der Waals surface area (Å²) in [7, 11) is 0. The summed E-state index contributed by atoms with van der Waals surface area (Å²) in [6.07, 6.45) is 0.141. The van der Waals surface area contributed by atoms with Gasteiger partial charge in [-0.05, 0) is 68.8 Å². The standard InChI is InChI=1S/C21H20N2O2/c1-14(2)24-18-6-8-19(9-7-18)25-21-11-5-17-12-16(15(3)13-22)4-10-20(17)23-21/h4-12,14-15H,1-3H3. The molecule has 0 amide bonds. The maximum absolute atomic E-state index is 9.04. The maximum atomic E-state index is 9.04. The summed E-state index contributed by atoms with van der Waals surface area (Å²) in [5, 5.41) is 10.0. The Kier molecular flexibility index (Phi) is 4.85. The number of fused-ring (bicyclic) bond motifs is 1. The van der Waals surface area contributed by atoms with Crippen LogP contribution in [-0.4, -0.2) is 11.1 Å². The second-order valence-corrected chi connectivity index (χ2v) is 6.19. The Bertz CT molecular complexity index is 911. The van der Waals surface area contributed by atoms with Crippen molar-refractivity contribution in [1.82, 2.24) is 4.98 Å². The molecule has 126 valence electrons. The summed E-state index contributed by atoms with van der Waals surface area (Å²) < 4.78 is 11.4. The van der Waals surface area contributed by atoms with Crippen LogP contribution in [0.1, 0.15) is 32.3 Å². The molecular weight excluding hydrogens is 312 g/mol. The fraction of sp³-hybridized carbons (Fsp3) is 0.238. The number of ether oxygens (including phenoxy) is 2. The van der Waals surface area contributed by atoms with E-state index < -0.39 is 0 Å². The van der Waals surface area contributed by atoms with Gasteiger partial charge in [-0.1, -0.05) is 6.07 Å². The lowest BCUT2D eigenvalue weighted by atomic mass is 10.0. The maximum Gasteiger partial charge on any atom is 0.219 e. The van der Waals surface area contributed by atoms with Gasteiger partial charge in [-0.15, -0.1) is 0 Å². The number of rotatable bonds is 5. The minimum Gasteiger partial charge on any atom is -0.491 e. The number of hydrogen-bond donors (Lipinski definition) is 0. The Morgan fingerprint density at radius 3 is 2.32 bits per heavy atom. The van der Waals surface area contributed by atoms with Crippen molar-refractivity contribution in [2.24, 2.45) is 0 Å². The minimum atomic E-state index is -0.133. The number of aromatic nitrogens is 1. The van der Waals surface area contributed by atoms with E-state index in [1.165, 1.54) is 0 Å². The Labute approximate surface area is 147 Å². The monoisotopic (exact) mass is 332 g/mol. The Morgan fingerprint density at radius 1 is 0.920 bits per heavy atom. The van der Waals surface area contributed by atoms with Crippen LogP contribution in [0.2, 0.25) is 0 Å². The van der Waals surface area contributed by atoms with E-state index >= 15 is 0 Å². The van der Waals surface area contributed by atoms with Crippen LogP contribution < -0.4 is 9.47 Å². The summed E-state index contributed by atoms with van der Waals surface area (Å²) >= 11 is 0. The van der Waals surface area contributed by atoms with Crippen LogP contribution in [0, 0.1) is 11.3 Å². The summed E-state index contributed by atoms with van der Waals surface area (Å²) in [5.74, 6) is 1.92. The number of nitrogens with zero attached hydrogens (tertiary/aromatic N) is 2. The fourth-order valence-electron chi connectivity index (χ4n) is 2.51. The third-order valence-corrected chi connectivity index (χ3v) is 3.80. The molecule has 4 heteroatoms. The molecule has 0 saturated heterocycles. The van der Waals surface area contributed by atoms with Crippen molar-refractivity contribution in [3.63, 3.8) is 0 Å². The van der Waals surface area contributed by atoms with E-state index in [0.29, 0.717) is 11.6 Å². The van der Waals surface area contributed by atoms with Crippen molar-refractivity contribution in [1.29, 1.82) is 5.26 Å². The molecule has 1 aromatic heterocycles. The van der Waals surface area contributed by atoms with Gasteiger partial charge in [0.2, 0.25) is 5.88 Å². The molecule has 0 aliphatic heterocycles. The first kappa shape index (κ1) is 16.8. The first-order valence-corrected chi connectivity index (χ1v) is 8.30. The van der Waals surface area contributed by atoms with Crippen molar-refractivity contribution in [2.45, 2.75) is 32.8 Å². The first-order valence-electron chi connectivity index (χ1n) is 8.30. The van der Waals surface area contributed by atoms with Gasteiger partial charge in [-0.2, -0.15) is 5.26 Å². The molecule has 0 spiro atoms. The highest BCUT2D eigenvalue weighted by Gasteiger charge is 2.07. The molecule has 1 unspecified atom stereocenters. The van der Waals surface area contributed by atoms with E-state index in [9.17, 15) is 0 Å². The molecule has 0 aliphatic rings. The zero-order chi connectivity index (χ0) is 17.8. The van der Waals surface area contributed by atoms with Crippen molar-refractivity contribution in [3.8, 4) is 23.4 Å². The van der Waals surface area contributed by atoms with Crippen LogP contribution in [0.3, 0.4) is 0 Å². The third-order valence-electron chi connectivity index (χ3n) is 3.80. The fourth-order valence-corrected chi connectivity index (χ4v) is 2.51. The minimum absolute atomic E-state index is 0.133. The van der Waals surface area contributed by atoms with Gasteiger partial charge in [-0.25, -0.2) is 4.98 Å². The lowest BCUT2D eigenvalue weighted by Crippen LogP contribution is -2.05. The molecule has 2 aromatic carbocycles. The summed E-state index contributed by atoms with van der Waals surface area (Å²) in [4.78, 5) is 4.53. The quantitative estimate of drug-likeness (QED) is 0.624. The van der Waals surface area contributed by atoms with E-state index in [4.69, 9.17) is 14.7 Å². The van der Waals surface area contributed by atoms with E-state index in [1.807, 2.05) is 75.4 Å². The molecule has 0 saturated carbocycles. The second kappa shape index (κ2) is 7.23. The van der Waals surface area contributed by atoms with E-state index in [2.05, 4.69) is 11.1 Å². The van der Waals surface area contributed by atoms with Crippen LogP contribution in [0.15, 0.2) is 54.6 Å². The highest BCUT2D eigenvalue weighted by atomic mass is 16.5. The lowest BCUT2D eigenvalue weighted by molar-refractivity contribution is 0.242. The van der Waals surface area contributed by atoms with Crippen molar-refractivity contribution in [3.05, 3.63) is 60.2 Å². The van der Waals surface area contributed by atoms with Gasteiger partial charge < -0.3 is 9.47 Å². The molecular formula is C21H20N2O2. The van der Waals surface area contributed by atoms with Crippen molar-refractivity contribution >= 4 is 10.9 Å². The molecule has 0 fully saturated rings. The van der Waals surface area contributed by atoms with Crippen LogP contribution >= 0.6 is 0 Å². The molecule has 0 radical (unpaired) electrons. The Hall–Kier alpha value is -3.06. The van der Waals surface area contributed by atoms with Crippen LogP contribution in [0.25, 0.3) is 10.9 Å². The molecule has 3 rings (SSSR count). The average Bonchev–Trinajstić information content (AvgIpc) is 2.62. The van der Waals surface area contributed by atoms with Gasteiger partial charge in [0.1, 0.15) is 11.5 Å². The lowest BCUT2D eigenvalue weighted by Gasteiger charge is -2.11. The van der Waals surface area contributed by atoms with Crippen molar-refractivity contribution in [2.75, 3.05) is 0 Å². The van der Waals surface area contributed by atoms with E-state index in [-0.39, 0.29) is 12.0 Å². The van der Waals surface area contributed by atoms with E-state index in [1.54, 1.807) is 0 Å². The molecule has 0 bridgehead atoms. The molecule has 0 aliphatic carbocycles. The summed E-state index contributed by atoms with van der Waals surface area (Å²) in [6.45, 7) is 5.87. The number of benzene rings is 2. The topological polar surface area (TPSA) is 55.1 Å². The van der Waals surface area contributed by atoms with Gasteiger partial charge >= 0.3 is 0 Å². The zero-order valence-corrected chi connectivity index (χ0v) is 14.6. The predicted molar refractivity (Wildman–Crippen MR) is 98.1 cm³/mol.